The molecule has 0 aliphatic carbocycles. The Morgan fingerprint density at radius 3 is 2.67 bits per heavy atom. The van der Waals surface area contributed by atoms with Crippen LogP contribution in [0.1, 0.15) is 37.8 Å². The molecule has 1 N–H and O–H groups in total. The van der Waals surface area contributed by atoms with Crippen molar-refractivity contribution >= 4 is 16.7 Å². The van der Waals surface area contributed by atoms with Gasteiger partial charge in [0.1, 0.15) is 11.6 Å². The van der Waals surface area contributed by atoms with Crippen LogP contribution in [0.15, 0.2) is 18.2 Å². The molecule has 2 aromatic rings. The second kappa shape index (κ2) is 4.92. The summed E-state index contributed by atoms with van der Waals surface area (Å²) in [5.41, 5.74) is 2.53. The third-order valence-electron chi connectivity index (χ3n) is 3.17. The van der Waals surface area contributed by atoms with E-state index in [9.17, 15) is 4.39 Å². The summed E-state index contributed by atoms with van der Waals surface area (Å²) in [7, 11) is 0. The second-order valence-electron chi connectivity index (χ2n) is 4.86. The van der Waals surface area contributed by atoms with Gasteiger partial charge in [0.25, 0.3) is 0 Å². The molecule has 0 amide bonds. The molecule has 2 nitrogen and oxygen atoms in total. The van der Waals surface area contributed by atoms with Crippen molar-refractivity contribution in [2.45, 2.75) is 33.6 Å². The van der Waals surface area contributed by atoms with Crippen LogP contribution in [-0.4, -0.2) is 11.5 Å². The number of rotatable bonds is 3. The van der Waals surface area contributed by atoms with E-state index < -0.39 is 0 Å². The number of pyridine rings is 1. The summed E-state index contributed by atoms with van der Waals surface area (Å²) in [5.74, 6) is 1.06. The summed E-state index contributed by atoms with van der Waals surface area (Å²) in [6, 6.07) is 5.42. The summed E-state index contributed by atoms with van der Waals surface area (Å²) in [6.07, 6.45) is 0. The van der Waals surface area contributed by atoms with Crippen molar-refractivity contribution < 1.29 is 4.39 Å². The zero-order valence-corrected chi connectivity index (χ0v) is 11.3. The normalized spacial score (nSPS) is 11.2. The van der Waals surface area contributed by atoms with Gasteiger partial charge in [0.15, 0.2) is 0 Å². The minimum Gasteiger partial charge on any atom is -0.370 e. The van der Waals surface area contributed by atoms with Crippen molar-refractivity contribution in [1.29, 1.82) is 0 Å². The highest BCUT2D eigenvalue weighted by atomic mass is 19.1. The number of nitrogens with zero attached hydrogens (tertiary/aromatic N) is 1. The van der Waals surface area contributed by atoms with Gasteiger partial charge in [0.2, 0.25) is 0 Å². The van der Waals surface area contributed by atoms with Crippen LogP contribution in [0.25, 0.3) is 10.9 Å². The maximum absolute atomic E-state index is 13.6. The largest absolute Gasteiger partial charge is 0.370 e. The highest BCUT2D eigenvalue weighted by Gasteiger charge is 2.12. The van der Waals surface area contributed by atoms with Gasteiger partial charge in [-0.05, 0) is 43.5 Å². The molecular weight excluding hydrogens is 227 g/mol. The lowest BCUT2D eigenvalue weighted by Gasteiger charge is -2.15. The van der Waals surface area contributed by atoms with Crippen LogP contribution in [0.4, 0.5) is 10.2 Å². The first-order valence-electron chi connectivity index (χ1n) is 6.38. The van der Waals surface area contributed by atoms with E-state index in [0.717, 1.165) is 23.3 Å². The van der Waals surface area contributed by atoms with Crippen LogP contribution in [0.2, 0.25) is 0 Å². The molecule has 0 aliphatic heterocycles. The maximum Gasteiger partial charge on any atom is 0.130 e. The highest BCUT2D eigenvalue weighted by molar-refractivity contribution is 5.84. The average molecular weight is 246 g/mol. The van der Waals surface area contributed by atoms with Gasteiger partial charge in [-0.15, -0.1) is 0 Å². The molecule has 3 heteroatoms. The summed E-state index contributed by atoms with van der Waals surface area (Å²) >= 11 is 0. The predicted octanol–water partition coefficient (Wildman–Crippen LogP) is 4.24. The van der Waals surface area contributed by atoms with Gasteiger partial charge in [0, 0.05) is 17.5 Å². The van der Waals surface area contributed by atoms with Gasteiger partial charge >= 0.3 is 0 Å². The van der Waals surface area contributed by atoms with E-state index in [-0.39, 0.29) is 5.82 Å². The van der Waals surface area contributed by atoms with Gasteiger partial charge in [-0.3, -0.25) is 0 Å². The lowest BCUT2D eigenvalue weighted by molar-refractivity contribution is 0.620. The molecule has 0 atom stereocenters. The monoisotopic (exact) mass is 246 g/mol. The Kier molecular flexibility index (Phi) is 3.50. The summed E-state index contributed by atoms with van der Waals surface area (Å²) in [4.78, 5) is 4.60. The standard InChI is InChI=1S/C15H19FN2/c1-5-17-15-12(9(2)3)8-11-6-7-13(16)10(4)14(11)18-15/h6-9H,5H2,1-4H3,(H,17,18). The van der Waals surface area contributed by atoms with Gasteiger partial charge in [-0.25, -0.2) is 9.37 Å². The molecule has 0 saturated carbocycles. The third-order valence-corrected chi connectivity index (χ3v) is 3.17. The Morgan fingerprint density at radius 2 is 2.06 bits per heavy atom. The van der Waals surface area contributed by atoms with E-state index in [4.69, 9.17) is 0 Å². The summed E-state index contributed by atoms with van der Waals surface area (Å²) in [6.45, 7) is 8.90. The molecule has 1 aromatic heterocycles. The number of benzene rings is 1. The van der Waals surface area contributed by atoms with Crippen molar-refractivity contribution in [2.24, 2.45) is 0 Å². The zero-order valence-electron chi connectivity index (χ0n) is 11.3. The van der Waals surface area contributed by atoms with Crippen LogP contribution in [0.3, 0.4) is 0 Å². The van der Waals surface area contributed by atoms with E-state index in [1.165, 1.54) is 11.6 Å². The lowest BCUT2D eigenvalue weighted by Crippen LogP contribution is -2.05. The highest BCUT2D eigenvalue weighted by Crippen LogP contribution is 2.28. The molecule has 1 aromatic carbocycles. The molecule has 96 valence electrons. The van der Waals surface area contributed by atoms with Gasteiger partial charge in [0.05, 0.1) is 5.52 Å². The SMILES string of the molecule is CCNc1nc2c(C)c(F)ccc2cc1C(C)C. The first-order chi connectivity index (χ1) is 8.54. The number of hydrogen-bond acceptors (Lipinski definition) is 2. The molecule has 2 rings (SSSR count). The Bertz CT molecular complexity index is 576. The third kappa shape index (κ3) is 2.17. The van der Waals surface area contributed by atoms with E-state index in [1.807, 2.05) is 6.92 Å². The van der Waals surface area contributed by atoms with Crippen LogP contribution in [0, 0.1) is 12.7 Å². The Hall–Kier alpha value is -1.64. The van der Waals surface area contributed by atoms with E-state index in [1.54, 1.807) is 13.0 Å². The van der Waals surface area contributed by atoms with Crippen molar-refractivity contribution in [1.82, 2.24) is 4.98 Å². The smallest absolute Gasteiger partial charge is 0.130 e. The van der Waals surface area contributed by atoms with Gasteiger partial charge in [-0.2, -0.15) is 0 Å². The fraction of sp³-hybridized carbons (Fsp3) is 0.400. The zero-order chi connectivity index (χ0) is 13.3. The summed E-state index contributed by atoms with van der Waals surface area (Å²) in [5, 5.41) is 4.26. The second-order valence-corrected chi connectivity index (χ2v) is 4.86. The number of nitrogens with one attached hydrogen (secondary N) is 1. The van der Waals surface area contributed by atoms with Gasteiger partial charge in [-0.1, -0.05) is 13.8 Å². The molecule has 0 saturated heterocycles. The van der Waals surface area contributed by atoms with Crippen LogP contribution in [0.5, 0.6) is 0 Å². The summed E-state index contributed by atoms with van der Waals surface area (Å²) < 4.78 is 13.6. The molecular formula is C15H19FN2. The topological polar surface area (TPSA) is 24.9 Å². The van der Waals surface area contributed by atoms with Crippen molar-refractivity contribution in [2.75, 3.05) is 11.9 Å². The first kappa shape index (κ1) is 12.8. The van der Waals surface area contributed by atoms with Crippen LogP contribution < -0.4 is 5.32 Å². The molecule has 1 heterocycles. The number of aromatic nitrogens is 1. The van der Waals surface area contributed by atoms with Crippen molar-refractivity contribution in [3.63, 3.8) is 0 Å². The van der Waals surface area contributed by atoms with E-state index in [0.29, 0.717) is 11.5 Å². The minimum absolute atomic E-state index is 0.199. The number of hydrogen-bond donors (Lipinski definition) is 1. The van der Waals surface area contributed by atoms with E-state index in [2.05, 4.69) is 30.2 Å². The lowest BCUT2D eigenvalue weighted by atomic mass is 10.0. The number of fused-ring (bicyclic) bond motifs is 1. The van der Waals surface area contributed by atoms with Crippen molar-refractivity contribution in [3.05, 3.63) is 35.1 Å². The quantitative estimate of drug-likeness (QED) is 0.876. The molecule has 18 heavy (non-hydrogen) atoms. The van der Waals surface area contributed by atoms with Crippen LogP contribution >= 0.6 is 0 Å². The van der Waals surface area contributed by atoms with Crippen molar-refractivity contribution in [3.8, 4) is 0 Å². The minimum atomic E-state index is -0.199. The van der Waals surface area contributed by atoms with Gasteiger partial charge < -0.3 is 5.32 Å². The Balaban J connectivity index is 2.72. The predicted molar refractivity (Wildman–Crippen MR) is 74.7 cm³/mol. The fourth-order valence-electron chi connectivity index (χ4n) is 2.12. The maximum atomic E-state index is 13.6. The van der Waals surface area contributed by atoms with E-state index >= 15 is 0 Å². The molecule has 0 spiro atoms. The number of aryl methyl sites for hydroxylation is 1. The number of anilines is 1. The molecule has 0 radical (unpaired) electrons. The Labute approximate surface area is 107 Å². The molecule has 0 aliphatic rings. The average Bonchev–Trinajstić information content (AvgIpc) is 2.34. The first-order valence-corrected chi connectivity index (χ1v) is 6.38. The molecule has 0 fully saturated rings. The molecule has 0 bridgehead atoms. The molecule has 0 unspecified atom stereocenters. The van der Waals surface area contributed by atoms with Crippen LogP contribution in [-0.2, 0) is 0 Å². The number of halogens is 1. The fourth-order valence-corrected chi connectivity index (χ4v) is 2.12. The Morgan fingerprint density at radius 1 is 1.33 bits per heavy atom.